The molecule has 0 heterocycles. The van der Waals surface area contributed by atoms with Gasteiger partial charge in [0.15, 0.2) is 0 Å². The Labute approximate surface area is 254 Å². The van der Waals surface area contributed by atoms with E-state index < -0.39 is 32.2 Å². The highest BCUT2D eigenvalue weighted by molar-refractivity contribution is 7.80. The van der Waals surface area contributed by atoms with Crippen molar-refractivity contribution in [2.75, 3.05) is 0 Å². The summed E-state index contributed by atoms with van der Waals surface area (Å²) in [6, 6.07) is 0. The number of hydrogen-bond donors (Lipinski definition) is 1. The smallest absolute Gasteiger partial charge is 0.264 e. The maximum absolute atomic E-state index is 13.1. The molecule has 0 aliphatic heterocycles. The Morgan fingerprint density at radius 3 is 1.25 bits per heavy atom. The van der Waals surface area contributed by atoms with Crippen LogP contribution in [0.25, 0.3) is 0 Å². The SMILES string of the molecule is CC(C)C1=C(C(C)C)C(C(C)C)(C(OS(=O)(=O)O)(C(C)C)C(C)C)C(C(C)C)(C(C)C)C(C(C)C)(C(C)C)C1Cl. The molecule has 0 amide bonds. The zero-order chi connectivity index (χ0) is 32.1. The molecule has 0 aromatic heterocycles. The van der Waals surface area contributed by atoms with Crippen LogP contribution in [0.3, 0.4) is 0 Å². The number of allylic oxidation sites excluding steroid dienone is 1. The molecule has 1 rings (SSSR count). The molecule has 1 N–H and O–H groups in total. The first-order chi connectivity index (χ1) is 17.9. The maximum atomic E-state index is 13.1. The van der Waals surface area contributed by atoms with Crippen LogP contribution in [0.1, 0.15) is 125 Å². The first-order valence-electron chi connectivity index (χ1n) is 15.9. The van der Waals surface area contributed by atoms with Crippen LogP contribution in [0.15, 0.2) is 11.1 Å². The minimum absolute atomic E-state index is 0.0314. The third kappa shape index (κ3) is 4.87. The Kier molecular flexibility index (Phi) is 11.8. The van der Waals surface area contributed by atoms with Gasteiger partial charge in [-0.15, -0.1) is 11.6 Å². The van der Waals surface area contributed by atoms with Crippen molar-refractivity contribution in [2.24, 2.45) is 69.5 Å². The van der Waals surface area contributed by atoms with Crippen LogP contribution in [0.2, 0.25) is 0 Å². The Morgan fingerprint density at radius 2 is 1.05 bits per heavy atom. The van der Waals surface area contributed by atoms with Crippen LogP contribution in [0.4, 0.5) is 0 Å². The Bertz CT molecular complexity index is 977. The second-order valence-electron chi connectivity index (χ2n) is 15.5. The molecule has 1 aliphatic rings. The molecular weight excluding hydrogens is 540 g/mol. The van der Waals surface area contributed by atoms with E-state index in [-0.39, 0.29) is 58.6 Å². The molecule has 2 atom stereocenters. The summed E-state index contributed by atoms with van der Waals surface area (Å²) in [5.41, 5.74) is -0.516. The van der Waals surface area contributed by atoms with E-state index >= 15 is 0 Å². The van der Waals surface area contributed by atoms with Crippen LogP contribution in [-0.2, 0) is 14.6 Å². The highest BCUT2D eigenvalue weighted by Gasteiger charge is 2.80. The summed E-state index contributed by atoms with van der Waals surface area (Å²) in [5.74, 6) is 0.324. The van der Waals surface area contributed by atoms with Crippen LogP contribution in [0, 0.1) is 69.5 Å². The molecule has 6 heteroatoms. The summed E-state index contributed by atoms with van der Waals surface area (Å²) in [6.07, 6.45) is 0. The van der Waals surface area contributed by atoms with E-state index in [0.717, 1.165) is 0 Å². The first-order valence-corrected chi connectivity index (χ1v) is 17.7. The predicted octanol–water partition coefficient (Wildman–Crippen LogP) is 10.3. The van der Waals surface area contributed by atoms with Crippen molar-refractivity contribution in [2.45, 2.75) is 136 Å². The van der Waals surface area contributed by atoms with E-state index in [1.807, 2.05) is 0 Å². The number of hydrogen-bond acceptors (Lipinski definition) is 3. The van der Waals surface area contributed by atoms with Crippen molar-refractivity contribution in [3.05, 3.63) is 11.1 Å². The lowest BCUT2D eigenvalue weighted by atomic mass is 9.27. The van der Waals surface area contributed by atoms with Gasteiger partial charge in [-0.3, -0.25) is 4.55 Å². The summed E-state index contributed by atoms with van der Waals surface area (Å²) in [6.45, 7) is 40.3. The second kappa shape index (κ2) is 12.5. The van der Waals surface area contributed by atoms with Gasteiger partial charge in [0.1, 0.15) is 5.60 Å². The van der Waals surface area contributed by atoms with Crippen LogP contribution in [-0.4, -0.2) is 23.9 Å². The minimum atomic E-state index is -4.83. The normalized spacial score (nSPS) is 24.5. The topological polar surface area (TPSA) is 63.6 Å². The fraction of sp³-hybridized carbons (Fsp3) is 0.941. The molecule has 4 nitrogen and oxygen atoms in total. The van der Waals surface area contributed by atoms with Gasteiger partial charge >= 0.3 is 10.4 Å². The maximum Gasteiger partial charge on any atom is 0.397 e. The zero-order valence-electron chi connectivity index (χ0n) is 29.2. The number of rotatable bonds is 12. The van der Waals surface area contributed by atoms with E-state index in [2.05, 4.69) is 125 Å². The van der Waals surface area contributed by atoms with Gasteiger partial charge in [0, 0.05) is 10.8 Å². The Balaban J connectivity index is 5.29. The fourth-order valence-corrected chi connectivity index (χ4v) is 13.3. The molecule has 0 fully saturated rings. The predicted molar refractivity (Wildman–Crippen MR) is 173 cm³/mol. The molecule has 0 spiro atoms. The van der Waals surface area contributed by atoms with Crippen LogP contribution < -0.4 is 0 Å². The summed E-state index contributed by atoms with van der Waals surface area (Å²) in [7, 11) is -4.83. The monoisotopic (exact) mass is 604 g/mol. The molecular formula is C34H65ClO4S. The molecule has 0 aromatic carbocycles. The molecule has 238 valence electrons. The lowest BCUT2D eigenvalue weighted by Gasteiger charge is -2.78. The summed E-state index contributed by atoms with van der Waals surface area (Å²) < 4.78 is 43.2. The average molecular weight is 605 g/mol. The van der Waals surface area contributed by atoms with Crippen molar-refractivity contribution in [1.29, 1.82) is 0 Å². The summed E-state index contributed by atoms with van der Waals surface area (Å²) in [4.78, 5) is 0. The van der Waals surface area contributed by atoms with E-state index in [1.54, 1.807) is 0 Å². The van der Waals surface area contributed by atoms with Gasteiger partial charge in [0.2, 0.25) is 0 Å². The van der Waals surface area contributed by atoms with Gasteiger partial charge in [-0.05, 0) is 64.2 Å². The minimum Gasteiger partial charge on any atom is -0.264 e. The van der Waals surface area contributed by atoms with Crippen molar-refractivity contribution in [1.82, 2.24) is 0 Å². The van der Waals surface area contributed by atoms with Gasteiger partial charge in [-0.1, -0.05) is 130 Å². The van der Waals surface area contributed by atoms with Gasteiger partial charge in [0.05, 0.1) is 5.38 Å². The highest BCUT2D eigenvalue weighted by Crippen LogP contribution is 2.80. The van der Waals surface area contributed by atoms with Crippen LogP contribution >= 0.6 is 11.6 Å². The van der Waals surface area contributed by atoms with Crippen molar-refractivity contribution >= 4 is 22.0 Å². The van der Waals surface area contributed by atoms with Gasteiger partial charge in [0.25, 0.3) is 0 Å². The largest absolute Gasteiger partial charge is 0.397 e. The zero-order valence-corrected chi connectivity index (χ0v) is 30.8. The molecule has 0 saturated carbocycles. The Morgan fingerprint density at radius 1 is 0.675 bits per heavy atom. The molecule has 1 aliphatic carbocycles. The van der Waals surface area contributed by atoms with Gasteiger partial charge in [-0.25, -0.2) is 4.18 Å². The third-order valence-electron chi connectivity index (χ3n) is 11.2. The summed E-state index contributed by atoms with van der Waals surface area (Å²) >= 11 is 8.01. The van der Waals surface area contributed by atoms with E-state index in [9.17, 15) is 13.0 Å². The number of alkyl halides is 1. The lowest BCUT2D eigenvalue weighted by Crippen LogP contribution is -2.79. The molecule has 0 aromatic rings. The lowest BCUT2D eigenvalue weighted by molar-refractivity contribution is -0.288. The second-order valence-corrected chi connectivity index (χ2v) is 17.0. The molecule has 0 saturated heterocycles. The molecule has 2 unspecified atom stereocenters. The van der Waals surface area contributed by atoms with Crippen molar-refractivity contribution in [3.8, 4) is 0 Å². The highest BCUT2D eigenvalue weighted by atomic mass is 35.5. The van der Waals surface area contributed by atoms with E-state index in [0.29, 0.717) is 0 Å². The average Bonchev–Trinajstić information content (AvgIpc) is 2.73. The van der Waals surface area contributed by atoms with Crippen LogP contribution in [0.5, 0.6) is 0 Å². The molecule has 40 heavy (non-hydrogen) atoms. The fourth-order valence-electron chi connectivity index (χ4n) is 11.4. The van der Waals surface area contributed by atoms with Gasteiger partial charge in [-0.2, -0.15) is 8.42 Å². The number of halogens is 1. The van der Waals surface area contributed by atoms with Crippen molar-refractivity contribution in [3.63, 3.8) is 0 Å². The van der Waals surface area contributed by atoms with Crippen molar-refractivity contribution < 1.29 is 17.2 Å². The molecule has 0 radical (unpaired) electrons. The third-order valence-corrected chi connectivity index (χ3v) is 12.3. The summed E-state index contributed by atoms with van der Waals surface area (Å²) in [5, 5.41) is -0.246. The quantitative estimate of drug-likeness (QED) is 0.137. The first kappa shape index (κ1) is 37.9. The van der Waals surface area contributed by atoms with E-state index in [4.69, 9.17) is 15.8 Å². The van der Waals surface area contributed by atoms with Gasteiger partial charge < -0.3 is 0 Å². The molecule has 0 bridgehead atoms. The Hall–Kier alpha value is -0.100. The van der Waals surface area contributed by atoms with E-state index in [1.165, 1.54) is 11.1 Å². The standard InChI is InChI=1S/C34H65ClO4S/c1-19(2)28-29(20(3)4)33(25(13)14,34(26(15)16,27(17)18)39-40(36,37)38)32(23(9)10,24(11)12)31(21(5)6,22(7)8)30(28)35/h19-27,30H,1-18H3,(H,36,37,38).